The average molecular weight is 330 g/mol. The summed E-state index contributed by atoms with van der Waals surface area (Å²) in [6, 6.07) is 13.2. The minimum Gasteiger partial charge on any atom is -0.398 e. The number of fused-ring (bicyclic) bond motifs is 1. The summed E-state index contributed by atoms with van der Waals surface area (Å²) in [5, 5.41) is 0.532. The van der Waals surface area contributed by atoms with E-state index in [1.165, 1.54) is 0 Å². The molecule has 0 bridgehead atoms. The average Bonchev–Trinajstić information content (AvgIpc) is 2.46. The number of halogens is 1. The second-order valence-corrected chi connectivity index (χ2v) is 5.41. The Morgan fingerprint density at radius 1 is 1.20 bits per heavy atom. The maximum absolute atomic E-state index is 12.4. The number of hydrogen-bond donors (Lipinski definition) is 1. The molecule has 1 heterocycles. The van der Waals surface area contributed by atoms with Gasteiger partial charge in [0, 0.05) is 10.2 Å². The fourth-order valence-electron chi connectivity index (χ4n) is 2.09. The third-order valence-corrected chi connectivity index (χ3v) is 3.82. The fraction of sp³-hybridized carbons (Fsp3) is 0.0667. The summed E-state index contributed by atoms with van der Waals surface area (Å²) in [4.78, 5) is 16.8. The van der Waals surface area contributed by atoms with Gasteiger partial charge >= 0.3 is 0 Å². The zero-order chi connectivity index (χ0) is 14.1. The number of anilines is 1. The van der Waals surface area contributed by atoms with E-state index in [0.29, 0.717) is 23.1 Å². The summed E-state index contributed by atoms with van der Waals surface area (Å²) < 4.78 is 2.34. The maximum Gasteiger partial charge on any atom is 0.261 e. The lowest BCUT2D eigenvalue weighted by molar-refractivity contribution is 0.748. The van der Waals surface area contributed by atoms with Gasteiger partial charge in [-0.2, -0.15) is 0 Å². The lowest BCUT2D eigenvalue weighted by Crippen LogP contribution is -2.21. The lowest BCUT2D eigenvalue weighted by atomic mass is 10.2. The Kier molecular flexibility index (Phi) is 3.28. The van der Waals surface area contributed by atoms with Gasteiger partial charge < -0.3 is 5.73 Å². The van der Waals surface area contributed by atoms with Crippen molar-refractivity contribution in [3.63, 3.8) is 0 Å². The number of nitrogen functional groups attached to an aromatic ring is 1. The molecule has 0 aliphatic rings. The molecule has 0 fully saturated rings. The Labute approximate surface area is 124 Å². The van der Waals surface area contributed by atoms with Crippen LogP contribution in [0.15, 0.2) is 58.1 Å². The van der Waals surface area contributed by atoms with Crippen LogP contribution in [0, 0.1) is 0 Å². The number of nitrogens with zero attached hydrogens (tertiary/aromatic N) is 2. The van der Waals surface area contributed by atoms with Crippen molar-refractivity contribution in [1.29, 1.82) is 0 Å². The van der Waals surface area contributed by atoms with E-state index in [-0.39, 0.29) is 5.56 Å². The van der Waals surface area contributed by atoms with Crippen LogP contribution in [-0.4, -0.2) is 9.55 Å². The van der Waals surface area contributed by atoms with Gasteiger partial charge in [0.1, 0.15) is 0 Å². The van der Waals surface area contributed by atoms with Crippen molar-refractivity contribution in [2.24, 2.45) is 0 Å². The molecule has 0 saturated heterocycles. The highest BCUT2D eigenvalue weighted by Gasteiger charge is 2.07. The molecule has 0 aliphatic heterocycles. The molecular weight excluding hydrogens is 318 g/mol. The van der Waals surface area contributed by atoms with Crippen molar-refractivity contribution in [2.45, 2.75) is 6.54 Å². The molecule has 0 radical (unpaired) electrons. The van der Waals surface area contributed by atoms with E-state index < -0.39 is 0 Å². The normalized spacial score (nSPS) is 10.8. The lowest BCUT2D eigenvalue weighted by Gasteiger charge is -2.08. The van der Waals surface area contributed by atoms with Crippen molar-refractivity contribution >= 4 is 32.5 Å². The number of nitrogens with two attached hydrogens (primary N) is 1. The van der Waals surface area contributed by atoms with Gasteiger partial charge in [0.2, 0.25) is 0 Å². The van der Waals surface area contributed by atoms with Gasteiger partial charge in [-0.1, -0.05) is 30.3 Å². The SMILES string of the molecule is Nc1cc2c(=O)n(Cc3ccccc3)cnc2cc1Br. The molecule has 100 valence electrons. The van der Waals surface area contributed by atoms with Crippen molar-refractivity contribution in [2.75, 3.05) is 5.73 Å². The molecule has 0 amide bonds. The van der Waals surface area contributed by atoms with Gasteiger partial charge in [0.05, 0.1) is 23.8 Å². The molecule has 5 heteroatoms. The van der Waals surface area contributed by atoms with Crippen LogP contribution >= 0.6 is 15.9 Å². The minimum atomic E-state index is -0.0851. The molecule has 1 aromatic heterocycles. The Balaban J connectivity index is 2.12. The van der Waals surface area contributed by atoms with Crippen molar-refractivity contribution in [3.8, 4) is 0 Å². The molecule has 0 unspecified atom stereocenters. The first-order valence-electron chi connectivity index (χ1n) is 6.13. The first-order valence-corrected chi connectivity index (χ1v) is 6.92. The molecule has 4 nitrogen and oxygen atoms in total. The van der Waals surface area contributed by atoms with E-state index >= 15 is 0 Å². The van der Waals surface area contributed by atoms with Crippen molar-refractivity contribution in [3.05, 3.63) is 69.2 Å². The zero-order valence-electron chi connectivity index (χ0n) is 10.6. The molecule has 0 atom stereocenters. The molecule has 2 N–H and O–H groups in total. The maximum atomic E-state index is 12.4. The van der Waals surface area contributed by atoms with Crippen LogP contribution in [0.1, 0.15) is 5.56 Å². The van der Waals surface area contributed by atoms with Crippen molar-refractivity contribution in [1.82, 2.24) is 9.55 Å². The molecule has 20 heavy (non-hydrogen) atoms. The largest absolute Gasteiger partial charge is 0.398 e. The van der Waals surface area contributed by atoms with E-state index in [1.54, 1.807) is 23.0 Å². The third kappa shape index (κ3) is 2.32. The van der Waals surface area contributed by atoms with E-state index in [2.05, 4.69) is 20.9 Å². The van der Waals surface area contributed by atoms with Crippen LogP contribution in [0.2, 0.25) is 0 Å². The predicted molar refractivity (Wildman–Crippen MR) is 83.7 cm³/mol. The second kappa shape index (κ2) is 5.09. The Morgan fingerprint density at radius 3 is 2.70 bits per heavy atom. The van der Waals surface area contributed by atoms with Gasteiger partial charge in [-0.3, -0.25) is 9.36 Å². The monoisotopic (exact) mass is 329 g/mol. The third-order valence-electron chi connectivity index (χ3n) is 3.14. The molecular formula is C15H12BrN3O. The van der Waals surface area contributed by atoms with Crippen LogP contribution in [0.25, 0.3) is 10.9 Å². The molecule has 3 aromatic rings. The van der Waals surface area contributed by atoms with Gasteiger partial charge in [-0.15, -0.1) is 0 Å². The van der Waals surface area contributed by atoms with Crippen LogP contribution < -0.4 is 11.3 Å². The van der Waals surface area contributed by atoms with Crippen LogP contribution in [-0.2, 0) is 6.54 Å². The molecule has 3 rings (SSSR count). The summed E-state index contributed by atoms with van der Waals surface area (Å²) >= 11 is 3.34. The van der Waals surface area contributed by atoms with Crippen LogP contribution in [0.4, 0.5) is 5.69 Å². The number of benzene rings is 2. The molecule has 0 aliphatic carbocycles. The highest BCUT2D eigenvalue weighted by molar-refractivity contribution is 9.10. The minimum absolute atomic E-state index is 0.0851. The number of aromatic nitrogens is 2. The summed E-state index contributed by atoms with van der Waals surface area (Å²) in [5.41, 5.74) is 7.98. The Bertz CT molecular complexity index is 828. The molecule has 2 aromatic carbocycles. The smallest absolute Gasteiger partial charge is 0.261 e. The van der Waals surface area contributed by atoms with Crippen molar-refractivity contribution < 1.29 is 0 Å². The first-order chi connectivity index (χ1) is 9.65. The second-order valence-electron chi connectivity index (χ2n) is 4.55. The molecule has 0 saturated carbocycles. The van der Waals surface area contributed by atoms with Crippen LogP contribution in [0.5, 0.6) is 0 Å². The van der Waals surface area contributed by atoms with E-state index in [1.807, 2.05) is 30.3 Å². The summed E-state index contributed by atoms with van der Waals surface area (Å²) in [6.07, 6.45) is 1.57. The summed E-state index contributed by atoms with van der Waals surface area (Å²) in [6.45, 7) is 0.499. The first kappa shape index (κ1) is 12.9. The van der Waals surface area contributed by atoms with Gasteiger partial charge in [-0.25, -0.2) is 4.98 Å². The Hall–Kier alpha value is -2.14. The molecule has 0 spiro atoms. The zero-order valence-corrected chi connectivity index (χ0v) is 12.2. The van der Waals surface area contributed by atoms with E-state index in [9.17, 15) is 4.79 Å². The van der Waals surface area contributed by atoms with E-state index in [0.717, 1.165) is 10.0 Å². The highest BCUT2D eigenvalue weighted by Crippen LogP contribution is 2.23. The van der Waals surface area contributed by atoms with Gasteiger partial charge in [0.15, 0.2) is 0 Å². The topological polar surface area (TPSA) is 60.9 Å². The predicted octanol–water partition coefficient (Wildman–Crippen LogP) is 2.79. The van der Waals surface area contributed by atoms with Gasteiger partial charge in [-0.05, 0) is 33.6 Å². The summed E-state index contributed by atoms with van der Waals surface area (Å²) in [5.74, 6) is 0. The number of hydrogen-bond acceptors (Lipinski definition) is 3. The van der Waals surface area contributed by atoms with Crippen LogP contribution in [0.3, 0.4) is 0 Å². The Morgan fingerprint density at radius 2 is 1.95 bits per heavy atom. The highest BCUT2D eigenvalue weighted by atomic mass is 79.9. The van der Waals surface area contributed by atoms with Gasteiger partial charge in [0.25, 0.3) is 5.56 Å². The van der Waals surface area contributed by atoms with E-state index in [4.69, 9.17) is 5.73 Å². The quantitative estimate of drug-likeness (QED) is 0.735. The number of rotatable bonds is 2. The summed E-state index contributed by atoms with van der Waals surface area (Å²) in [7, 11) is 0. The standard InChI is InChI=1S/C15H12BrN3O/c16-12-7-14-11(6-13(12)17)15(20)19(9-18-14)8-10-4-2-1-3-5-10/h1-7,9H,8,17H2. The fourth-order valence-corrected chi connectivity index (χ4v) is 2.42.